The van der Waals surface area contributed by atoms with E-state index in [1.54, 1.807) is 25.1 Å². The van der Waals surface area contributed by atoms with Crippen molar-refractivity contribution in [2.75, 3.05) is 32.0 Å². The Balaban J connectivity index is 2.08. The quantitative estimate of drug-likeness (QED) is 0.782. The zero-order chi connectivity index (χ0) is 15.5. The van der Waals surface area contributed by atoms with Gasteiger partial charge in [0.1, 0.15) is 0 Å². The van der Waals surface area contributed by atoms with Gasteiger partial charge < -0.3 is 15.6 Å². The van der Waals surface area contributed by atoms with Crippen LogP contribution in [0.4, 0.5) is 5.69 Å². The van der Waals surface area contributed by atoms with Crippen LogP contribution in [0.15, 0.2) is 23.1 Å². The summed E-state index contributed by atoms with van der Waals surface area (Å²) in [5.74, 6) is 0. The minimum atomic E-state index is -3.48. The van der Waals surface area contributed by atoms with E-state index in [1.807, 2.05) is 0 Å². The van der Waals surface area contributed by atoms with Crippen molar-refractivity contribution in [1.29, 1.82) is 0 Å². The molecule has 0 atom stereocenters. The molecule has 2 rings (SSSR count). The number of aliphatic hydroxyl groups excluding tert-OH is 1. The Morgan fingerprint density at radius 3 is 2.62 bits per heavy atom. The van der Waals surface area contributed by atoms with Crippen LogP contribution < -0.4 is 5.73 Å². The summed E-state index contributed by atoms with van der Waals surface area (Å²) in [7, 11) is -3.48. The molecule has 0 aromatic heterocycles. The van der Waals surface area contributed by atoms with Gasteiger partial charge in [0, 0.05) is 18.8 Å². The average Bonchev–Trinajstić information content (AvgIpc) is 2.45. The number of hydrogen-bond acceptors (Lipinski definition) is 5. The average molecular weight is 314 g/mol. The second-order valence-corrected chi connectivity index (χ2v) is 7.13. The summed E-state index contributed by atoms with van der Waals surface area (Å²) in [4.78, 5) is 0.312. The van der Waals surface area contributed by atoms with Gasteiger partial charge in [-0.15, -0.1) is 0 Å². The van der Waals surface area contributed by atoms with Crippen LogP contribution in [0.5, 0.6) is 0 Å². The van der Waals surface area contributed by atoms with E-state index in [0.717, 1.165) is 0 Å². The van der Waals surface area contributed by atoms with E-state index in [-0.39, 0.29) is 12.7 Å². The van der Waals surface area contributed by atoms with Crippen LogP contribution in [0.25, 0.3) is 0 Å². The van der Waals surface area contributed by atoms with E-state index in [2.05, 4.69) is 0 Å². The Kier molecular flexibility index (Phi) is 5.21. The third-order valence-corrected chi connectivity index (χ3v) is 5.72. The second kappa shape index (κ2) is 6.74. The Morgan fingerprint density at radius 1 is 1.38 bits per heavy atom. The van der Waals surface area contributed by atoms with E-state index in [4.69, 9.17) is 15.6 Å². The van der Waals surface area contributed by atoms with Crippen molar-refractivity contribution < 1.29 is 18.3 Å². The predicted octanol–water partition coefficient (Wildman–Crippen LogP) is 0.739. The molecule has 1 fully saturated rings. The highest BCUT2D eigenvalue weighted by Gasteiger charge is 2.30. The van der Waals surface area contributed by atoms with E-state index in [0.29, 0.717) is 48.7 Å². The molecule has 6 nitrogen and oxygen atoms in total. The molecule has 0 bridgehead atoms. The highest BCUT2D eigenvalue weighted by Crippen LogP contribution is 2.25. The molecular weight excluding hydrogens is 292 g/mol. The lowest BCUT2D eigenvalue weighted by Crippen LogP contribution is -2.41. The van der Waals surface area contributed by atoms with Crippen molar-refractivity contribution in [2.24, 2.45) is 0 Å². The molecule has 7 heteroatoms. The number of nitrogens with two attached hydrogens (primary N) is 1. The number of piperidine rings is 1. The van der Waals surface area contributed by atoms with E-state index < -0.39 is 10.0 Å². The number of ether oxygens (including phenoxy) is 1. The van der Waals surface area contributed by atoms with Gasteiger partial charge in [0.2, 0.25) is 10.0 Å². The summed E-state index contributed by atoms with van der Waals surface area (Å²) in [5.41, 5.74) is 6.89. The Labute approximate surface area is 125 Å². The summed E-state index contributed by atoms with van der Waals surface area (Å²) in [6.07, 6.45) is 1.32. The fraction of sp³-hybridized carbons (Fsp3) is 0.571. The number of sulfonamides is 1. The largest absolute Gasteiger partial charge is 0.399 e. The molecule has 0 saturated carbocycles. The first kappa shape index (κ1) is 16.2. The molecule has 0 unspecified atom stereocenters. The molecule has 0 spiro atoms. The molecule has 1 saturated heterocycles. The molecular formula is C14H22N2O4S. The number of rotatable bonds is 5. The van der Waals surface area contributed by atoms with Gasteiger partial charge in [-0.3, -0.25) is 0 Å². The standard InChI is InChI=1S/C14H22N2O4S/c1-11-10-12(15)2-3-14(11)21(18,19)16-6-4-13(5-7-16)20-9-8-17/h2-3,10,13,17H,4-9,15H2,1H3. The number of hydrogen-bond donors (Lipinski definition) is 2. The number of anilines is 1. The molecule has 1 aliphatic heterocycles. The highest BCUT2D eigenvalue weighted by molar-refractivity contribution is 7.89. The first-order valence-electron chi connectivity index (χ1n) is 7.04. The van der Waals surface area contributed by atoms with E-state index >= 15 is 0 Å². The van der Waals surface area contributed by atoms with Crippen LogP contribution >= 0.6 is 0 Å². The van der Waals surface area contributed by atoms with E-state index in [1.165, 1.54) is 4.31 Å². The zero-order valence-electron chi connectivity index (χ0n) is 12.2. The number of aryl methyl sites for hydroxylation is 1. The molecule has 0 amide bonds. The molecule has 1 aliphatic rings. The number of nitrogen functional groups attached to an aromatic ring is 1. The van der Waals surface area contributed by atoms with Crippen LogP contribution in [0.3, 0.4) is 0 Å². The van der Waals surface area contributed by atoms with Crippen molar-refractivity contribution in [3.8, 4) is 0 Å². The van der Waals surface area contributed by atoms with Crippen LogP contribution in [0.2, 0.25) is 0 Å². The third kappa shape index (κ3) is 3.74. The maximum atomic E-state index is 12.6. The van der Waals surface area contributed by atoms with Gasteiger partial charge in [0.05, 0.1) is 24.2 Å². The molecule has 1 heterocycles. The molecule has 3 N–H and O–H groups in total. The first-order valence-corrected chi connectivity index (χ1v) is 8.48. The summed E-state index contributed by atoms with van der Waals surface area (Å²) < 4.78 is 32.2. The van der Waals surface area contributed by atoms with Crippen molar-refractivity contribution in [3.05, 3.63) is 23.8 Å². The first-order chi connectivity index (χ1) is 9.95. The van der Waals surface area contributed by atoms with Gasteiger partial charge >= 0.3 is 0 Å². The monoisotopic (exact) mass is 314 g/mol. The van der Waals surface area contributed by atoms with Crippen molar-refractivity contribution in [2.45, 2.75) is 30.8 Å². The SMILES string of the molecule is Cc1cc(N)ccc1S(=O)(=O)N1CCC(OCCO)CC1. The van der Waals surface area contributed by atoms with E-state index in [9.17, 15) is 8.42 Å². The molecule has 0 aliphatic carbocycles. The van der Waals surface area contributed by atoms with Crippen LogP contribution in [0, 0.1) is 6.92 Å². The van der Waals surface area contributed by atoms with Crippen molar-refractivity contribution in [3.63, 3.8) is 0 Å². The molecule has 1 aromatic rings. The minimum Gasteiger partial charge on any atom is -0.399 e. The van der Waals surface area contributed by atoms with Gasteiger partial charge in [-0.2, -0.15) is 4.31 Å². The number of aliphatic hydroxyl groups is 1. The summed E-state index contributed by atoms with van der Waals surface area (Å²) in [6.45, 7) is 2.91. The zero-order valence-corrected chi connectivity index (χ0v) is 13.0. The molecule has 0 radical (unpaired) electrons. The molecule has 21 heavy (non-hydrogen) atoms. The number of benzene rings is 1. The van der Waals surface area contributed by atoms with Gasteiger partial charge in [-0.05, 0) is 43.5 Å². The van der Waals surface area contributed by atoms with Gasteiger partial charge in [0.15, 0.2) is 0 Å². The summed E-state index contributed by atoms with van der Waals surface area (Å²) >= 11 is 0. The Bertz CT molecular complexity index is 581. The normalized spacial score (nSPS) is 18.0. The topological polar surface area (TPSA) is 92.9 Å². The lowest BCUT2D eigenvalue weighted by molar-refractivity contribution is 0.00318. The van der Waals surface area contributed by atoms with Crippen LogP contribution in [0.1, 0.15) is 18.4 Å². The molecule has 118 valence electrons. The Morgan fingerprint density at radius 2 is 2.05 bits per heavy atom. The highest BCUT2D eigenvalue weighted by atomic mass is 32.2. The van der Waals surface area contributed by atoms with Gasteiger partial charge in [-0.1, -0.05) is 0 Å². The minimum absolute atomic E-state index is 0.0108. The maximum Gasteiger partial charge on any atom is 0.243 e. The third-order valence-electron chi connectivity index (χ3n) is 3.66. The van der Waals surface area contributed by atoms with Gasteiger partial charge in [0.25, 0.3) is 0 Å². The van der Waals surface area contributed by atoms with Crippen LogP contribution in [-0.2, 0) is 14.8 Å². The van der Waals surface area contributed by atoms with Crippen molar-refractivity contribution >= 4 is 15.7 Å². The van der Waals surface area contributed by atoms with Crippen LogP contribution in [-0.4, -0.2) is 50.2 Å². The summed E-state index contributed by atoms with van der Waals surface area (Å²) in [5, 5.41) is 8.74. The smallest absolute Gasteiger partial charge is 0.243 e. The molecule has 1 aromatic carbocycles. The lowest BCUT2D eigenvalue weighted by atomic mass is 10.1. The Hall–Kier alpha value is -1.15. The maximum absolute atomic E-state index is 12.6. The second-order valence-electron chi connectivity index (χ2n) is 5.22. The van der Waals surface area contributed by atoms with Crippen molar-refractivity contribution in [1.82, 2.24) is 4.31 Å². The predicted molar refractivity (Wildman–Crippen MR) is 80.4 cm³/mol. The van der Waals surface area contributed by atoms with Gasteiger partial charge in [-0.25, -0.2) is 8.42 Å². The fourth-order valence-corrected chi connectivity index (χ4v) is 4.24. The lowest BCUT2D eigenvalue weighted by Gasteiger charge is -2.31. The summed E-state index contributed by atoms with van der Waals surface area (Å²) in [6, 6.07) is 4.84. The number of nitrogens with zero attached hydrogens (tertiary/aromatic N) is 1. The fourth-order valence-electron chi connectivity index (χ4n) is 2.56.